The molecule has 1 saturated carbocycles. The summed E-state index contributed by atoms with van der Waals surface area (Å²) in [6, 6.07) is 0. The smallest absolute Gasteiger partial charge is 0.305 e. The van der Waals surface area contributed by atoms with Gasteiger partial charge in [-0.15, -0.1) is 0 Å². The molecule has 0 aromatic heterocycles. The van der Waals surface area contributed by atoms with Crippen molar-refractivity contribution in [1.82, 2.24) is 0 Å². The van der Waals surface area contributed by atoms with Crippen LogP contribution in [0.15, 0.2) is 23.8 Å². The molecular weight excluding hydrogens is 316 g/mol. The highest BCUT2D eigenvalue weighted by Gasteiger charge is 2.58. The summed E-state index contributed by atoms with van der Waals surface area (Å²) in [4.78, 5) is 23.4. The van der Waals surface area contributed by atoms with E-state index in [-0.39, 0.29) is 29.9 Å². The maximum Gasteiger partial charge on any atom is 0.305 e. The van der Waals surface area contributed by atoms with E-state index < -0.39 is 0 Å². The summed E-state index contributed by atoms with van der Waals surface area (Å²) in [6.07, 6.45) is 16.7. The number of fused-ring (bicyclic) bond motifs is 1. The maximum atomic E-state index is 12.3. The Balaban J connectivity index is 1.72. The molecule has 0 bridgehead atoms. The average Bonchev–Trinajstić information content (AvgIpc) is 3.36. The Kier molecular flexibility index (Phi) is 8.39. The van der Waals surface area contributed by atoms with Crippen molar-refractivity contribution < 1.29 is 19.1 Å². The van der Waals surface area contributed by atoms with Gasteiger partial charge < -0.3 is 9.47 Å². The van der Waals surface area contributed by atoms with Crippen LogP contribution in [0.1, 0.15) is 71.1 Å². The fourth-order valence-corrected chi connectivity index (χ4v) is 3.45. The molecule has 4 nitrogen and oxygen atoms in total. The Hall–Kier alpha value is -1.42. The van der Waals surface area contributed by atoms with Gasteiger partial charge in [-0.2, -0.15) is 0 Å². The lowest BCUT2D eigenvalue weighted by atomic mass is 9.97. The molecule has 0 aromatic carbocycles. The maximum absolute atomic E-state index is 12.3. The summed E-state index contributed by atoms with van der Waals surface area (Å²) in [5.74, 6) is 0.185. The van der Waals surface area contributed by atoms with Crippen LogP contribution in [0.3, 0.4) is 0 Å². The molecule has 140 valence electrons. The molecule has 1 heterocycles. The van der Waals surface area contributed by atoms with Crippen LogP contribution in [0.2, 0.25) is 0 Å². The molecule has 0 radical (unpaired) electrons. The number of Topliss-reactive ketones (excluding diaryl/α,β-unsaturated/α-hetero) is 1. The summed E-state index contributed by atoms with van der Waals surface area (Å²) >= 11 is 0. The van der Waals surface area contributed by atoms with Crippen molar-refractivity contribution in [1.29, 1.82) is 0 Å². The average molecular weight is 348 g/mol. The van der Waals surface area contributed by atoms with Crippen molar-refractivity contribution in [3.05, 3.63) is 23.8 Å². The number of esters is 1. The zero-order chi connectivity index (χ0) is 18.1. The van der Waals surface area contributed by atoms with Gasteiger partial charge in [-0.3, -0.25) is 9.59 Å². The van der Waals surface area contributed by atoms with Gasteiger partial charge in [0.1, 0.15) is 12.2 Å². The minimum atomic E-state index is -0.180. The Morgan fingerprint density at radius 2 is 1.88 bits per heavy atom. The van der Waals surface area contributed by atoms with Crippen LogP contribution >= 0.6 is 0 Å². The summed E-state index contributed by atoms with van der Waals surface area (Å²) < 4.78 is 10.1. The number of unbranched alkanes of at least 4 members (excludes halogenated alkanes) is 7. The first-order valence-corrected chi connectivity index (χ1v) is 9.82. The van der Waals surface area contributed by atoms with Gasteiger partial charge >= 0.3 is 5.97 Å². The number of ether oxygens (including phenoxy) is 2. The molecule has 0 aromatic rings. The third kappa shape index (κ3) is 6.10. The Bertz CT molecular complexity index is 506. The van der Waals surface area contributed by atoms with Gasteiger partial charge in [-0.1, -0.05) is 50.8 Å². The molecule has 1 aliphatic heterocycles. The van der Waals surface area contributed by atoms with E-state index in [9.17, 15) is 9.59 Å². The zero-order valence-electron chi connectivity index (χ0n) is 15.7. The van der Waals surface area contributed by atoms with Crippen LogP contribution in [0.25, 0.3) is 0 Å². The van der Waals surface area contributed by atoms with Crippen LogP contribution in [-0.2, 0) is 19.1 Å². The van der Waals surface area contributed by atoms with E-state index in [1.807, 2.05) is 0 Å². The van der Waals surface area contributed by atoms with Gasteiger partial charge in [0.15, 0.2) is 5.78 Å². The van der Waals surface area contributed by atoms with Gasteiger partial charge in [0.25, 0.3) is 0 Å². The number of allylic oxidation sites excluding steroid dienone is 2. The molecule has 3 atom stereocenters. The highest BCUT2D eigenvalue weighted by molar-refractivity contribution is 6.05. The third-order valence-electron chi connectivity index (χ3n) is 5.03. The fraction of sp³-hybridized carbons (Fsp3) is 0.714. The molecule has 0 amide bonds. The molecule has 3 unspecified atom stereocenters. The molecular formula is C21H32O4. The number of hydrogen-bond donors (Lipinski definition) is 0. The Morgan fingerprint density at radius 1 is 1.12 bits per heavy atom. The Labute approximate surface area is 151 Å². The van der Waals surface area contributed by atoms with Gasteiger partial charge in [-0.25, -0.2) is 0 Å². The predicted molar refractivity (Wildman–Crippen MR) is 98.2 cm³/mol. The highest BCUT2D eigenvalue weighted by Crippen LogP contribution is 2.45. The molecule has 2 aliphatic rings. The van der Waals surface area contributed by atoms with Crippen LogP contribution < -0.4 is 0 Å². The first-order valence-electron chi connectivity index (χ1n) is 9.82. The van der Waals surface area contributed by atoms with Crippen LogP contribution in [0.5, 0.6) is 0 Å². The van der Waals surface area contributed by atoms with E-state index in [1.165, 1.54) is 32.8 Å². The molecule has 1 saturated heterocycles. The molecule has 4 heteroatoms. The summed E-state index contributed by atoms with van der Waals surface area (Å²) in [5, 5.41) is 0. The number of carbonyl (C=O) groups excluding carboxylic acids is 2. The summed E-state index contributed by atoms with van der Waals surface area (Å²) in [7, 11) is 1.42. The first kappa shape index (κ1) is 19.9. The molecule has 2 fully saturated rings. The topological polar surface area (TPSA) is 55.9 Å². The van der Waals surface area contributed by atoms with Crippen LogP contribution in [-0.4, -0.2) is 31.1 Å². The lowest BCUT2D eigenvalue weighted by Crippen LogP contribution is -2.09. The number of hydrogen-bond acceptors (Lipinski definition) is 4. The molecule has 25 heavy (non-hydrogen) atoms. The second-order valence-electron chi connectivity index (χ2n) is 7.02. The van der Waals surface area contributed by atoms with E-state index in [2.05, 4.69) is 29.9 Å². The monoisotopic (exact) mass is 348 g/mol. The quantitative estimate of drug-likeness (QED) is 0.171. The predicted octanol–water partition coefficient (Wildman–Crippen LogP) is 4.53. The van der Waals surface area contributed by atoms with Gasteiger partial charge in [0.2, 0.25) is 0 Å². The van der Waals surface area contributed by atoms with Crippen molar-refractivity contribution in [3.8, 4) is 0 Å². The van der Waals surface area contributed by atoms with E-state index in [1.54, 1.807) is 0 Å². The van der Waals surface area contributed by atoms with Crippen molar-refractivity contribution >= 4 is 11.8 Å². The standard InChI is InChI=1S/C21H32O4/c1-3-4-5-6-7-11-14-17-16(19(23)21-20(17)25-21)13-10-8-9-12-15-18(22)24-2/h11,13-14,17,20-21H,3-10,12,15H2,1-2H3/b14-11+,16-13-. The lowest BCUT2D eigenvalue weighted by Gasteiger charge is -2.09. The summed E-state index contributed by atoms with van der Waals surface area (Å²) in [5.41, 5.74) is 0.944. The fourth-order valence-electron chi connectivity index (χ4n) is 3.45. The number of methoxy groups -OCH3 is 1. The normalized spacial score (nSPS) is 26.4. The number of ketones is 1. The first-order chi connectivity index (χ1) is 12.2. The van der Waals surface area contributed by atoms with Gasteiger partial charge in [-0.05, 0) is 32.1 Å². The van der Waals surface area contributed by atoms with Crippen LogP contribution in [0.4, 0.5) is 0 Å². The minimum Gasteiger partial charge on any atom is -0.469 e. The number of carbonyl (C=O) groups is 2. The van der Waals surface area contributed by atoms with Crippen molar-refractivity contribution in [3.63, 3.8) is 0 Å². The highest BCUT2D eigenvalue weighted by atomic mass is 16.6. The second-order valence-corrected chi connectivity index (χ2v) is 7.02. The van der Waals surface area contributed by atoms with E-state index in [4.69, 9.17) is 4.74 Å². The molecule has 2 rings (SSSR count). The van der Waals surface area contributed by atoms with E-state index in [0.29, 0.717) is 6.42 Å². The third-order valence-corrected chi connectivity index (χ3v) is 5.03. The molecule has 0 spiro atoms. The van der Waals surface area contributed by atoms with Crippen LogP contribution in [0, 0.1) is 5.92 Å². The number of rotatable bonds is 12. The SMILES string of the molecule is CCCCCC/C=C/C1/C(=C/CCCCCC(=O)OC)C(=O)C2OC21. The largest absolute Gasteiger partial charge is 0.469 e. The number of epoxide rings is 1. The summed E-state index contributed by atoms with van der Waals surface area (Å²) in [6.45, 7) is 2.22. The van der Waals surface area contributed by atoms with E-state index >= 15 is 0 Å². The van der Waals surface area contributed by atoms with E-state index in [0.717, 1.165) is 37.7 Å². The van der Waals surface area contributed by atoms with Crippen molar-refractivity contribution in [2.45, 2.75) is 83.3 Å². The van der Waals surface area contributed by atoms with Gasteiger partial charge in [0.05, 0.1) is 7.11 Å². The minimum absolute atomic E-state index is 0.0879. The van der Waals surface area contributed by atoms with Crippen molar-refractivity contribution in [2.75, 3.05) is 7.11 Å². The van der Waals surface area contributed by atoms with Crippen molar-refractivity contribution in [2.24, 2.45) is 5.92 Å². The molecule has 0 N–H and O–H groups in total. The Morgan fingerprint density at radius 3 is 2.64 bits per heavy atom. The second kappa shape index (κ2) is 10.5. The van der Waals surface area contributed by atoms with Gasteiger partial charge in [0, 0.05) is 17.9 Å². The zero-order valence-corrected chi connectivity index (χ0v) is 15.7. The molecule has 1 aliphatic carbocycles. The lowest BCUT2D eigenvalue weighted by molar-refractivity contribution is -0.140.